The summed E-state index contributed by atoms with van der Waals surface area (Å²) in [7, 11) is 1.59. The van der Waals surface area contributed by atoms with E-state index in [4.69, 9.17) is 119 Å². The molecule has 0 aromatic heterocycles. The molecule has 2 rings (SSSR count). The summed E-state index contributed by atoms with van der Waals surface area (Å²) >= 11 is 0. The monoisotopic (exact) mass is 1450 g/mol. The highest BCUT2D eigenvalue weighted by Crippen LogP contribution is 2.30. The molecule has 0 amide bonds. The van der Waals surface area contributed by atoms with E-state index >= 15 is 0 Å². The number of hydrogen-bond acceptors (Lipinski definition) is 29. The Bertz CT molecular complexity index is 2240. The minimum atomic E-state index is -1.17. The summed E-state index contributed by atoms with van der Waals surface area (Å²) in [4.78, 5) is 147. The third-order valence-corrected chi connectivity index (χ3v) is 10.2. The normalized spacial score (nSPS) is 12.3. The van der Waals surface area contributed by atoms with E-state index in [9.17, 15) is 62.3 Å². The second kappa shape index (κ2) is 71.6. The quantitative estimate of drug-likeness (QED) is 0.0369. The van der Waals surface area contributed by atoms with Gasteiger partial charge in [0.2, 0.25) is 0 Å². The van der Waals surface area contributed by atoms with Crippen molar-refractivity contribution >= 4 is 83.8 Å². The minimum Gasteiger partial charge on any atom is -0.480 e. The molecule has 1 saturated carbocycles. The van der Waals surface area contributed by atoms with Crippen LogP contribution in [0.2, 0.25) is 0 Å². The van der Waals surface area contributed by atoms with E-state index in [-0.39, 0.29) is 108 Å². The van der Waals surface area contributed by atoms with Gasteiger partial charge in [-0.25, -0.2) is 62.3 Å². The van der Waals surface area contributed by atoms with Crippen molar-refractivity contribution in [1.29, 1.82) is 0 Å². The van der Waals surface area contributed by atoms with Gasteiger partial charge in [0.25, 0.3) is 0 Å². The van der Waals surface area contributed by atoms with Gasteiger partial charge in [-0.3, -0.25) is 0 Å². The van der Waals surface area contributed by atoms with E-state index in [0.29, 0.717) is 26.4 Å². The summed E-state index contributed by atoms with van der Waals surface area (Å²) < 4.78 is 67.4. The maximum Gasteiger partial charge on any atom is 0.373 e. The smallest absolute Gasteiger partial charge is 0.373 e. The summed E-state index contributed by atoms with van der Waals surface area (Å²) in [5, 5.41) is 107. The molecule has 0 spiro atoms. The molecular weight excluding hydrogens is 1360 g/mol. The Kier molecular flexibility index (Phi) is 72.9. The highest BCUT2D eigenvalue weighted by molar-refractivity contribution is 5.72. The lowest BCUT2D eigenvalue weighted by Crippen LogP contribution is -2.37. The zero-order valence-electron chi connectivity index (χ0n) is 54.5. The number of carboxylic acids is 13. The first kappa shape index (κ1) is 101. The Morgan fingerprint density at radius 1 is 0.374 bits per heavy atom. The number of aliphatic carboxylic acids is 13. The number of unbranched alkanes of at least 4 members (excludes halogenated alkanes) is 1. The maximum atomic E-state index is 10.5. The molecule has 0 bridgehead atoms. The third-order valence-electron chi connectivity index (χ3n) is 10.2. The first-order valence-corrected chi connectivity index (χ1v) is 28.8. The fourth-order valence-corrected chi connectivity index (χ4v) is 6.22. The van der Waals surface area contributed by atoms with Crippen molar-refractivity contribution in [1.82, 2.24) is 0 Å². The molecule has 1 aromatic rings. The van der Waals surface area contributed by atoms with E-state index in [1.165, 1.54) is 12.1 Å². The van der Waals surface area contributed by atoms with Crippen LogP contribution in [0.15, 0.2) is 24.3 Å². The van der Waals surface area contributed by atoms with Crippen molar-refractivity contribution in [3.05, 3.63) is 24.3 Å². The van der Waals surface area contributed by atoms with E-state index in [1.54, 1.807) is 19.2 Å². The van der Waals surface area contributed by atoms with Crippen LogP contribution in [0.5, 0.6) is 11.5 Å². The van der Waals surface area contributed by atoms with Crippen LogP contribution >= 0.6 is 0 Å². The number of carboxylic acid groups (broad SMARTS) is 13. The van der Waals surface area contributed by atoms with Gasteiger partial charge in [-0.05, 0) is 37.8 Å². The number of carbonyl (C=O) groups excluding carboxylic acids is 2. The molecular formula is C57H90O42. The lowest BCUT2D eigenvalue weighted by Gasteiger charge is -2.32. The molecule has 0 aliphatic heterocycles. The SMILES string of the molecule is CCCCC(CC)(COCC(=O)O)COCC(=O)O.COCCOCCOCC(=O)O.O=C(O)COC1CCCCC1OCC(=O)O.O=C(O)COCC(=O)O.O=C(O)COCCOCC(=O)O.O=C(O)COCCOCC(=O)O.O=C(O)COc1ccccc1OCC(=O)O.O=C=O. The summed E-state index contributed by atoms with van der Waals surface area (Å²) in [5.41, 5.74) is -0.305. The van der Waals surface area contributed by atoms with Crippen molar-refractivity contribution < 1.29 is 205 Å². The van der Waals surface area contributed by atoms with Crippen LogP contribution in [0, 0.1) is 5.41 Å². The zero-order chi connectivity index (χ0) is 76.7. The van der Waals surface area contributed by atoms with Crippen molar-refractivity contribution in [3.63, 3.8) is 0 Å². The number of rotatable bonds is 50. The number of benzene rings is 1. The van der Waals surface area contributed by atoms with Crippen LogP contribution in [0.3, 0.4) is 0 Å². The van der Waals surface area contributed by atoms with Crippen molar-refractivity contribution in [2.45, 2.75) is 77.4 Å². The van der Waals surface area contributed by atoms with Crippen molar-refractivity contribution in [3.8, 4) is 11.5 Å². The van der Waals surface area contributed by atoms with Crippen LogP contribution in [-0.4, -0.2) is 321 Å². The van der Waals surface area contributed by atoms with E-state index in [2.05, 4.69) is 30.6 Å². The Hall–Kier alpha value is -9.17. The van der Waals surface area contributed by atoms with Crippen LogP contribution in [0.4, 0.5) is 0 Å². The summed E-state index contributed by atoms with van der Waals surface area (Å²) in [6, 6.07) is 6.26. The fourth-order valence-electron chi connectivity index (χ4n) is 6.22. The molecule has 2 atom stereocenters. The first-order valence-electron chi connectivity index (χ1n) is 28.8. The fraction of sp³-hybridized carbons (Fsp3) is 0.649. The molecule has 1 aliphatic rings. The lowest BCUT2D eigenvalue weighted by atomic mass is 9.82. The predicted octanol–water partition coefficient (Wildman–Crippen LogP) is -0.394. The number of para-hydroxylation sites is 2. The molecule has 1 aromatic carbocycles. The van der Waals surface area contributed by atoms with Gasteiger partial charge in [-0.15, -0.1) is 0 Å². The Labute approximate surface area is 564 Å². The number of methoxy groups -OCH3 is 1. The zero-order valence-corrected chi connectivity index (χ0v) is 54.5. The molecule has 0 radical (unpaired) electrons. The van der Waals surface area contributed by atoms with E-state index in [1.807, 2.05) is 6.92 Å². The van der Waals surface area contributed by atoms with Crippen molar-refractivity contribution in [2.75, 3.05) is 159 Å². The lowest BCUT2D eigenvalue weighted by molar-refractivity contribution is -0.192. The van der Waals surface area contributed by atoms with Gasteiger partial charge in [0.15, 0.2) is 24.7 Å². The van der Waals surface area contributed by atoms with Gasteiger partial charge in [0, 0.05) is 12.5 Å². The number of carbonyl (C=O) groups is 13. The van der Waals surface area contributed by atoms with Crippen molar-refractivity contribution in [2.24, 2.45) is 5.41 Å². The Balaban J connectivity index is -0.000000256. The summed E-state index contributed by atoms with van der Waals surface area (Å²) in [6.45, 7) is 1.28. The third kappa shape index (κ3) is 86.8. The van der Waals surface area contributed by atoms with Gasteiger partial charge >= 0.3 is 83.8 Å². The largest absolute Gasteiger partial charge is 0.480 e. The van der Waals surface area contributed by atoms with Gasteiger partial charge in [0.05, 0.1) is 78.3 Å². The van der Waals surface area contributed by atoms with Crippen LogP contribution in [-0.2, 0) is 129 Å². The Morgan fingerprint density at radius 3 is 0.879 bits per heavy atom. The topological polar surface area (TPSA) is 648 Å². The van der Waals surface area contributed by atoms with E-state index in [0.717, 1.165) is 51.4 Å². The van der Waals surface area contributed by atoms with Gasteiger partial charge in [-0.1, -0.05) is 51.7 Å². The average molecular weight is 1450 g/mol. The number of hydrogen-bond donors (Lipinski definition) is 13. The molecule has 99 heavy (non-hydrogen) atoms. The number of ether oxygens (including phenoxy) is 14. The molecule has 570 valence electrons. The van der Waals surface area contributed by atoms with E-state index < -0.39 is 130 Å². The van der Waals surface area contributed by atoms with Gasteiger partial charge in [-0.2, -0.15) is 9.59 Å². The molecule has 0 saturated heterocycles. The van der Waals surface area contributed by atoms with Gasteiger partial charge < -0.3 is 133 Å². The molecule has 0 heterocycles. The first-order chi connectivity index (χ1) is 46.7. The molecule has 1 aliphatic carbocycles. The molecule has 13 N–H and O–H groups in total. The van der Waals surface area contributed by atoms with Crippen LogP contribution in [0.1, 0.15) is 65.2 Å². The second-order valence-corrected chi connectivity index (χ2v) is 18.5. The minimum absolute atomic E-state index is 0.0829. The molecule has 2 unspecified atom stereocenters. The maximum absolute atomic E-state index is 10.5. The molecule has 42 nitrogen and oxygen atoms in total. The van der Waals surface area contributed by atoms with Crippen LogP contribution < -0.4 is 9.47 Å². The molecule has 1 fully saturated rings. The van der Waals surface area contributed by atoms with Gasteiger partial charge in [0.1, 0.15) is 72.7 Å². The predicted molar refractivity (Wildman–Crippen MR) is 321 cm³/mol. The van der Waals surface area contributed by atoms with Crippen LogP contribution in [0.25, 0.3) is 0 Å². The standard InChI is InChI=1S/C13H24O6.C10H16O6.C10H10O6.C7H14O5.2C6H10O6.C4H6O5.CO2/c1-3-5-6-13(4-2,9-18-7-11(14)15)10-19-8-12(16)17;2*11-9(12)5-15-7-3-1-2-4-8(7)16-6-10(13)14;1-10-2-3-11-4-5-12-6-7(8)9;2*7-5(8)3-11-1-2-12-4-6(9)10;5-3(6)1-9-2-4(7)8;2-1-3/h3-10H2,1-2H3,(H,14,15)(H,16,17);7-8H,1-6H2,(H,11,12)(H,13,14);1-4H,5-6H2,(H,11,12)(H,13,14);2-6H2,1H3,(H,8,9);2*1-4H2,(H,7,8)(H,9,10);1-2H2,(H,5,6)(H,7,8);. The highest BCUT2D eigenvalue weighted by atomic mass is 16.6. The Morgan fingerprint density at radius 2 is 0.626 bits per heavy atom. The second-order valence-electron chi connectivity index (χ2n) is 18.5. The average Bonchev–Trinajstić information content (AvgIpc) is 0.928. The summed E-state index contributed by atoms with van der Waals surface area (Å²) in [6.07, 6.45) is 6.57. The highest BCUT2D eigenvalue weighted by Gasteiger charge is 2.30. The molecule has 42 heteroatoms. The summed E-state index contributed by atoms with van der Waals surface area (Å²) in [5.74, 6) is -13.5.